The lowest BCUT2D eigenvalue weighted by Gasteiger charge is -2.34. The first-order chi connectivity index (χ1) is 16.9. The van der Waals surface area contributed by atoms with Gasteiger partial charge in [0, 0.05) is 53.9 Å². The Labute approximate surface area is 205 Å². The van der Waals surface area contributed by atoms with Crippen molar-refractivity contribution in [3.63, 3.8) is 0 Å². The summed E-state index contributed by atoms with van der Waals surface area (Å²) in [6.45, 7) is 5.08. The second-order valence-electron chi connectivity index (χ2n) is 9.59. The number of hydrogen-bond donors (Lipinski definition) is 1. The molecule has 4 heterocycles. The van der Waals surface area contributed by atoms with Crippen molar-refractivity contribution < 1.29 is 4.79 Å². The Hall–Kier alpha value is -3.78. The number of hydrogen-bond acceptors (Lipinski definition) is 6. The number of rotatable bonds is 6. The maximum atomic E-state index is 12.6. The smallest absolute Gasteiger partial charge is 0.228 e. The van der Waals surface area contributed by atoms with Crippen LogP contribution < -0.4 is 10.2 Å². The molecule has 35 heavy (non-hydrogen) atoms. The second-order valence-corrected chi connectivity index (χ2v) is 9.59. The fourth-order valence-electron chi connectivity index (χ4n) is 4.57. The van der Waals surface area contributed by atoms with Gasteiger partial charge in [-0.3, -0.25) is 4.79 Å². The van der Waals surface area contributed by atoms with Crippen LogP contribution in [0.4, 0.5) is 17.3 Å². The highest BCUT2D eigenvalue weighted by atomic mass is 16.2. The highest BCUT2D eigenvalue weighted by Crippen LogP contribution is 2.27. The molecular formula is C27H31N7O. The SMILES string of the molecule is CC(C)c1cnn2ccc(-c3ccnc(Nc4ccc(N5CCC(N(C)C)CC5=O)cc4)n3)cc12. The van der Waals surface area contributed by atoms with Crippen molar-refractivity contribution in [1.29, 1.82) is 0 Å². The van der Waals surface area contributed by atoms with Gasteiger partial charge < -0.3 is 15.1 Å². The first-order valence-electron chi connectivity index (χ1n) is 12.0. The zero-order valence-electron chi connectivity index (χ0n) is 20.6. The summed E-state index contributed by atoms with van der Waals surface area (Å²) in [6.07, 6.45) is 7.18. The van der Waals surface area contributed by atoms with Gasteiger partial charge in [0.05, 0.1) is 17.4 Å². The Morgan fingerprint density at radius 1 is 1.11 bits per heavy atom. The third-order valence-corrected chi connectivity index (χ3v) is 6.69. The van der Waals surface area contributed by atoms with Crippen LogP contribution in [0.25, 0.3) is 16.8 Å². The molecule has 180 valence electrons. The molecule has 1 saturated heterocycles. The van der Waals surface area contributed by atoms with Crippen LogP contribution in [0, 0.1) is 0 Å². The van der Waals surface area contributed by atoms with Gasteiger partial charge >= 0.3 is 0 Å². The van der Waals surface area contributed by atoms with Crippen LogP contribution in [-0.2, 0) is 4.79 Å². The quantitative estimate of drug-likeness (QED) is 0.440. The molecule has 0 radical (unpaired) electrons. The Bertz CT molecular complexity index is 1340. The number of benzene rings is 1. The number of carbonyl (C=O) groups is 1. The van der Waals surface area contributed by atoms with Crippen LogP contribution in [-0.4, -0.2) is 57.1 Å². The van der Waals surface area contributed by atoms with Gasteiger partial charge in [-0.05, 0) is 68.9 Å². The van der Waals surface area contributed by atoms with Gasteiger partial charge in [-0.25, -0.2) is 14.5 Å². The average molecular weight is 470 g/mol. The molecule has 8 heteroatoms. The third-order valence-electron chi connectivity index (χ3n) is 6.69. The summed E-state index contributed by atoms with van der Waals surface area (Å²) in [5.41, 5.74) is 5.94. The third kappa shape index (κ3) is 4.74. The zero-order chi connectivity index (χ0) is 24.5. The standard InChI is InChI=1S/C27H31N7O/c1-18(2)23-17-29-34-14-10-19(15-25(23)34)24-9-12-28-27(31-24)30-20-5-7-21(8-6-20)33-13-11-22(32(3)4)16-26(33)35/h5-10,12,14-15,17-18,22H,11,13,16H2,1-4H3,(H,28,30,31). The maximum absolute atomic E-state index is 12.6. The second kappa shape index (κ2) is 9.46. The molecule has 0 saturated carbocycles. The van der Waals surface area contributed by atoms with Crippen LogP contribution in [0.3, 0.4) is 0 Å². The van der Waals surface area contributed by atoms with Crippen LogP contribution in [0.2, 0.25) is 0 Å². The first-order valence-corrected chi connectivity index (χ1v) is 12.0. The Balaban J connectivity index is 1.32. The summed E-state index contributed by atoms with van der Waals surface area (Å²) < 4.78 is 1.90. The lowest BCUT2D eigenvalue weighted by Crippen LogP contribution is -2.45. The number of piperidine rings is 1. The fraction of sp³-hybridized carbons (Fsp3) is 0.333. The summed E-state index contributed by atoms with van der Waals surface area (Å²) in [6, 6.07) is 14.2. The predicted molar refractivity (Wildman–Crippen MR) is 139 cm³/mol. The number of fused-ring (bicyclic) bond motifs is 1. The fourth-order valence-corrected chi connectivity index (χ4v) is 4.57. The van der Waals surface area contributed by atoms with E-state index < -0.39 is 0 Å². The minimum atomic E-state index is 0.169. The Morgan fingerprint density at radius 2 is 1.91 bits per heavy atom. The number of pyridine rings is 1. The molecule has 0 spiro atoms. The topological polar surface area (TPSA) is 78.7 Å². The van der Waals surface area contributed by atoms with Crippen molar-refractivity contribution in [3.8, 4) is 11.3 Å². The first kappa shape index (κ1) is 23.0. The van der Waals surface area contributed by atoms with Gasteiger partial charge in [0.1, 0.15) is 0 Å². The van der Waals surface area contributed by atoms with Crippen LogP contribution in [0.5, 0.6) is 0 Å². The largest absolute Gasteiger partial charge is 0.324 e. The van der Waals surface area contributed by atoms with Gasteiger partial charge in [-0.2, -0.15) is 5.10 Å². The van der Waals surface area contributed by atoms with E-state index in [9.17, 15) is 4.79 Å². The van der Waals surface area contributed by atoms with Crippen molar-refractivity contribution in [1.82, 2.24) is 24.5 Å². The molecule has 0 bridgehead atoms. The number of carbonyl (C=O) groups excluding carboxylic acids is 1. The summed E-state index contributed by atoms with van der Waals surface area (Å²) in [5.74, 6) is 1.08. The number of amides is 1. The van der Waals surface area contributed by atoms with Crippen LogP contribution in [0.15, 0.2) is 61.1 Å². The van der Waals surface area contributed by atoms with Crippen molar-refractivity contribution in [2.24, 2.45) is 0 Å². The lowest BCUT2D eigenvalue weighted by atomic mass is 10.0. The molecule has 5 rings (SSSR count). The molecule has 0 aliphatic carbocycles. The van der Waals surface area contributed by atoms with Crippen LogP contribution >= 0.6 is 0 Å². The molecule has 1 unspecified atom stereocenters. The summed E-state index contributed by atoms with van der Waals surface area (Å²) in [4.78, 5) is 25.8. The monoisotopic (exact) mass is 469 g/mol. The maximum Gasteiger partial charge on any atom is 0.228 e. The van der Waals surface area contributed by atoms with Gasteiger partial charge in [0.25, 0.3) is 0 Å². The predicted octanol–water partition coefficient (Wildman–Crippen LogP) is 4.72. The van der Waals surface area contributed by atoms with E-state index >= 15 is 0 Å². The van der Waals surface area contributed by atoms with Gasteiger partial charge in [-0.15, -0.1) is 0 Å². The number of nitrogens with zero attached hydrogens (tertiary/aromatic N) is 6. The molecule has 1 fully saturated rings. The molecule has 1 amide bonds. The summed E-state index contributed by atoms with van der Waals surface area (Å²) in [7, 11) is 4.06. The van der Waals surface area contributed by atoms with E-state index in [1.165, 1.54) is 5.56 Å². The van der Waals surface area contributed by atoms with Crippen molar-refractivity contribution in [3.05, 3.63) is 66.6 Å². The van der Waals surface area contributed by atoms with E-state index in [4.69, 9.17) is 4.98 Å². The molecule has 1 aliphatic heterocycles. The number of nitrogens with one attached hydrogen (secondary N) is 1. The van der Waals surface area contributed by atoms with E-state index in [2.05, 4.69) is 40.2 Å². The van der Waals surface area contributed by atoms with Crippen molar-refractivity contribution in [2.45, 2.75) is 38.6 Å². The minimum Gasteiger partial charge on any atom is -0.324 e. The van der Waals surface area contributed by atoms with Crippen molar-refractivity contribution in [2.75, 3.05) is 30.9 Å². The van der Waals surface area contributed by atoms with E-state index in [0.717, 1.165) is 41.1 Å². The summed E-state index contributed by atoms with van der Waals surface area (Å²) >= 11 is 0. The Morgan fingerprint density at radius 3 is 2.63 bits per heavy atom. The molecule has 4 aromatic rings. The van der Waals surface area contributed by atoms with Crippen LogP contribution in [0.1, 0.15) is 38.2 Å². The minimum absolute atomic E-state index is 0.169. The highest BCUT2D eigenvalue weighted by molar-refractivity contribution is 5.94. The Kier molecular flexibility index (Phi) is 6.21. The number of aromatic nitrogens is 4. The van der Waals surface area contributed by atoms with E-state index in [1.54, 1.807) is 6.20 Å². The molecule has 1 aromatic carbocycles. The van der Waals surface area contributed by atoms with E-state index in [-0.39, 0.29) is 5.91 Å². The average Bonchev–Trinajstić information content (AvgIpc) is 3.28. The van der Waals surface area contributed by atoms with Gasteiger partial charge in [-0.1, -0.05) is 13.8 Å². The van der Waals surface area contributed by atoms with Gasteiger partial charge in [0.15, 0.2) is 0 Å². The lowest BCUT2D eigenvalue weighted by molar-refractivity contribution is -0.120. The zero-order valence-corrected chi connectivity index (χ0v) is 20.6. The molecule has 8 nitrogen and oxygen atoms in total. The number of anilines is 3. The summed E-state index contributed by atoms with van der Waals surface area (Å²) in [5, 5.41) is 7.74. The molecule has 1 aliphatic rings. The molecule has 1 N–H and O–H groups in total. The highest BCUT2D eigenvalue weighted by Gasteiger charge is 2.27. The normalized spacial score (nSPS) is 16.5. The molecule has 1 atom stereocenters. The van der Waals surface area contributed by atoms with Crippen molar-refractivity contribution >= 4 is 28.7 Å². The molecule has 3 aromatic heterocycles. The molecular weight excluding hydrogens is 438 g/mol. The van der Waals surface area contributed by atoms with E-state index in [0.29, 0.717) is 24.3 Å². The van der Waals surface area contributed by atoms with E-state index in [1.807, 2.05) is 72.3 Å². The van der Waals surface area contributed by atoms with Gasteiger partial charge in [0.2, 0.25) is 11.9 Å².